The SMILES string of the molecule is CC(C)N(C)C(=O)CNCc1ccc(O)cc1. The number of phenols is 1. The second-order valence-corrected chi connectivity index (χ2v) is 4.37. The number of phenolic OH excluding ortho intramolecular Hbond substituents is 1. The van der Waals surface area contributed by atoms with Crippen molar-refractivity contribution in [2.75, 3.05) is 13.6 Å². The first kappa shape index (κ1) is 13.5. The zero-order valence-electron chi connectivity index (χ0n) is 10.6. The number of benzene rings is 1. The maximum atomic E-state index is 11.7. The van der Waals surface area contributed by atoms with Gasteiger partial charge in [0, 0.05) is 19.6 Å². The first-order valence-electron chi connectivity index (χ1n) is 5.75. The van der Waals surface area contributed by atoms with Crippen LogP contribution in [0, 0.1) is 0 Å². The largest absolute Gasteiger partial charge is 0.508 e. The van der Waals surface area contributed by atoms with Gasteiger partial charge in [0.15, 0.2) is 0 Å². The van der Waals surface area contributed by atoms with E-state index in [4.69, 9.17) is 5.11 Å². The molecule has 1 aromatic carbocycles. The van der Waals surface area contributed by atoms with Crippen LogP contribution in [0.3, 0.4) is 0 Å². The van der Waals surface area contributed by atoms with Gasteiger partial charge in [0.05, 0.1) is 6.54 Å². The lowest BCUT2D eigenvalue weighted by atomic mass is 10.2. The monoisotopic (exact) mass is 236 g/mol. The lowest BCUT2D eigenvalue weighted by molar-refractivity contribution is -0.130. The van der Waals surface area contributed by atoms with Gasteiger partial charge in [-0.3, -0.25) is 4.79 Å². The maximum absolute atomic E-state index is 11.7. The van der Waals surface area contributed by atoms with E-state index in [-0.39, 0.29) is 17.7 Å². The van der Waals surface area contributed by atoms with Gasteiger partial charge in [-0.15, -0.1) is 0 Å². The van der Waals surface area contributed by atoms with Crippen molar-refractivity contribution < 1.29 is 9.90 Å². The van der Waals surface area contributed by atoms with E-state index in [1.165, 1.54) is 0 Å². The van der Waals surface area contributed by atoms with Crippen LogP contribution in [-0.2, 0) is 11.3 Å². The van der Waals surface area contributed by atoms with Gasteiger partial charge in [0.1, 0.15) is 5.75 Å². The molecule has 0 saturated carbocycles. The summed E-state index contributed by atoms with van der Waals surface area (Å²) in [5, 5.41) is 12.2. The van der Waals surface area contributed by atoms with Crippen molar-refractivity contribution >= 4 is 5.91 Å². The number of carbonyl (C=O) groups is 1. The van der Waals surface area contributed by atoms with Gasteiger partial charge in [-0.2, -0.15) is 0 Å². The summed E-state index contributed by atoms with van der Waals surface area (Å²) in [6.45, 7) is 4.92. The topological polar surface area (TPSA) is 52.6 Å². The molecular formula is C13H20N2O2. The van der Waals surface area contributed by atoms with Crippen LogP contribution in [0.1, 0.15) is 19.4 Å². The van der Waals surface area contributed by atoms with Crippen LogP contribution in [-0.4, -0.2) is 35.5 Å². The third-order valence-electron chi connectivity index (χ3n) is 2.71. The molecule has 0 saturated heterocycles. The average molecular weight is 236 g/mol. The predicted octanol–water partition coefficient (Wildman–Crippen LogP) is 1.35. The first-order valence-corrected chi connectivity index (χ1v) is 5.75. The summed E-state index contributed by atoms with van der Waals surface area (Å²) in [7, 11) is 1.80. The molecule has 0 unspecified atom stereocenters. The van der Waals surface area contributed by atoms with E-state index in [9.17, 15) is 4.79 Å². The summed E-state index contributed by atoms with van der Waals surface area (Å²) < 4.78 is 0. The molecule has 0 aliphatic rings. The Hall–Kier alpha value is -1.55. The Bertz CT molecular complexity index is 360. The normalized spacial score (nSPS) is 10.6. The lowest BCUT2D eigenvalue weighted by Gasteiger charge is -2.21. The molecule has 0 bridgehead atoms. The van der Waals surface area contributed by atoms with E-state index in [1.54, 1.807) is 24.1 Å². The van der Waals surface area contributed by atoms with Crippen LogP contribution < -0.4 is 5.32 Å². The van der Waals surface area contributed by atoms with Crippen molar-refractivity contribution in [2.45, 2.75) is 26.4 Å². The van der Waals surface area contributed by atoms with Crippen molar-refractivity contribution in [3.05, 3.63) is 29.8 Å². The predicted molar refractivity (Wildman–Crippen MR) is 67.7 cm³/mol. The molecule has 0 aliphatic heterocycles. The zero-order chi connectivity index (χ0) is 12.8. The Morgan fingerprint density at radius 2 is 1.94 bits per heavy atom. The van der Waals surface area contributed by atoms with Crippen molar-refractivity contribution in [1.82, 2.24) is 10.2 Å². The number of likely N-dealkylation sites (N-methyl/N-ethyl adjacent to an activating group) is 1. The van der Waals surface area contributed by atoms with E-state index < -0.39 is 0 Å². The first-order chi connectivity index (χ1) is 8.00. The Morgan fingerprint density at radius 3 is 2.47 bits per heavy atom. The molecule has 1 amide bonds. The fourth-order valence-electron chi connectivity index (χ4n) is 1.34. The Labute approximate surface area is 102 Å². The Kier molecular flexibility index (Phi) is 4.97. The van der Waals surface area contributed by atoms with E-state index in [0.717, 1.165) is 5.56 Å². The fraction of sp³-hybridized carbons (Fsp3) is 0.462. The van der Waals surface area contributed by atoms with Crippen molar-refractivity contribution in [2.24, 2.45) is 0 Å². The average Bonchev–Trinajstić information content (AvgIpc) is 2.30. The maximum Gasteiger partial charge on any atom is 0.236 e. The number of amides is 1. The van der Waals surface area contributed by atoms with Crippen LogP contribution in [0.15, 0.2) is 24.3 Å². The van der Waals surface area contributed by atoms with Crippen LogP contribution in [0.5, 0.6) is 5.75 Å². The highest BCUT2D eigenvalue weighted by molar-refractivity contribution is 5.78. The quantitative estimate of drug-likeness (QED) is 0.811. The van der Waals surface area contributed by atoms with E-state index in [0.29, 0.717) is 13.1 Å². The summed E-state index contributed by atoms with van der Waals surface area (Å²) in [5.74, 6) is 0.336. The highest BCUT2D eigenvalue weighted by atomic mass is 16.3. The number of nitrogens with one attached hydrogen (secondary N) is 1. The highest BCUT2D eigenvalue weighted by Crippen LogP contribution is 2.09. The molecule has 0 spiro atoms. The molecule has 1 aromatic rings. The van der Waals surface area contributed by atoms with E-state index >= 15 is 0 Å². The number of carbonyl (C=O) groups excluding carboxylic acids is 1. The number of nitrogens with zero attached hydrogens (tertiary/aromatic N) is 1. The molecule has 94 valence electrons. The van der Waals surface area contributed by atoms with Crippen molar-refractivity contribution in [1.29, 1.82) is 0 Å². The second-order valence-electron chi connectivity index (χ2n) is 4.37. The van der Waals surface area contributed by atoms with Crippen molar-refractivity contribution in [3.63, 3.8) is 0 Å². The summed E-state index contributed by atoms with van der Waals surface area (Å²) in [6, 6.07) is 7.16. The van der Waals surface area contributed by atoms with Gasteiger partial charge >= 0.3 is 0 Å². The van der Waals surface area contributed by atoms with Gasteiger partial charge < -0.3 is 15.3 Å². The highest BCUT2D eigenvalue weighted by Gasteiger charge is 2.10. The fourth-order valence-corrected chi connectivity index (χ4v) is 1.34. The number of hydrogen-bond acceptors (Lipinski definition) is 3. The molecule has 0 atom stereocenters. The third-order valence-corrected chi connectivity index (χ3v) is 2.71. The molecule has 1 rings (SSSR count). The van der Waals surface area contributed by atoms with E-state index in [2.05, 4.69) is 5.32 Å². The lowest BCUT2D eigenvalue weighted by Crippen LogP contribution is -2.39. The van der Waals surface area contributed by atoms with Crippen molar-refractivity contribution in [3.8, 4) is 5.75 Å². The molecule has 2 N–H and O–H groups in total. The molecule has 0 aromatic heterocycles. The van der Waals surface area contributed by atoms with Gasteiger partial charge in [-0.05, 0) is 31.5 Å². The molecule has 17 heavy (non-hydrogen) atoms. The number of aromatic hydroxyl groups is 1. The Balaban J connectivity index is 2.33. The third kappa shape index (κ3) is 4.44. The molecule has 4 heteroatoms. The minimum Gasteiger partial charge on any atom is -0.508 e. The van der Waals surface area contributed by atoms with Gasteiger partial charge in [0.25, 0.3) is 0 Å². The summed E-state index contributed by atoms with van der Waals surface area (Å²) in [4.78, 5) is 13.4. The van der Waals surface area contributed by atoms with Gasteiger partial charge in [-0.1, -0.05) is 12.1 Å². The van der Waals surface area contributed by atoms with Gasteiger partial charge in [0.2, 0.25) is 5.91 Å². The van der Waals surface area contributed by atoms with Crippen LogP contribution >= 0.6 is 0 Å². The summed E-state index contributed by atoms with van der Waals surface area (Å²) >= 11 is 0. The molecule has 0 aliphatic carbocycles. The minimum absolute atomic E-state index is 0.0822. The van der Waals surface area contributed by atoms with E-state index in [1.807, 2.05) is 26.0 Å². The smallest absolute Gasteiger partial charge is 0.236 e. The van der Waals surface area contributed by atoms with Crippen LogP contribution in [0.2, 0.25) is 0 Å². The standard InChI is InChI=1S/C13H20N2O2/c1-10(2)15(3)13(17)9-14-8-11-4-6-12(16)7-5-11/h4-7,10,14,16H,8-9H2,1-3H3. The Morgan fingerprint density at radius 1 is 1.35 bits per heavy atom. The summed E-state index contributed by atoms with van der Waals surface area (Å²) in [6.07, 6.45) is 0. The molecule has 4 nitrogen and oxygen atoms in total. The number of hydrogen-bond donors (Lipinski definition) is 2. The van der Waals surface area contributed by atoms with Crippen LogP contribution in [0.4, 0.5) is 0 Å². The molecular weight excluding hydrogens is 216 g/mol. The van der Waals surface area contributed by atoms with Crippen LogP contribution in [0.25, 0.3) is 0 Å². The molecule has 0 fully saturated rings. The van der Waals surface area contributed by atoms with Gasteiger partial charge in [-0.25, -0.2) is 0 Å². The summed E-state index contributed by atoms with van der Waals surface area (Å²) in [5.41, 5.74) is 1.04. The molecule has 0 radical (unpaired) electrons. The zero-order valence-corrected chi connectivity index (χ0v) is 10.6. The second kappa shape index (κ2) is 6.25. The number of rotatable bonds is 5. The molecule has 0 heterocycles. The minimum atomic E-state index is 0.0822.